The zero-order valence-electron chi connectivity index (χ0n) is 15.8. The first kappa shape index (κ1) is 18.0. The quantitative estimate of drug-likeness (QED) is 0.798. The van der Waals surface area contributed by atoms with Gasteiger partial charge >= 0.3 is 0 Å². The van der Waals surface area contributed by atoms with E-state index < -0.39 is 11.7 Å². The molecule has 2 aliphatic carbocycles. The van der Waals surface area contributed by atoms with Crippen LogP contribution in [0.3, 0.4) is 0 Å². The molecule has 2 aliphatic heterocycles. The van der Waals surface area contributed by atoms with Crippen LogP contribution in [0.2, 0.25) is 0 Å². The number of nitrogens with zero attached hydrogens (tertiary/aromatic N) is 2. The number of hydrogen-bond donors (Lipinski definition) is 2. The number of anilines is 1. The molecule has 0 aromatic heterocycles. The molecule has 5 nitrogen and oxygen atoms in total. The van der Waals surface area contributed by atoms with Crippen molar-refractivity contribution in [2.45, 2.75) is 51.1 Å². The zero-order valence-corrected chi connectivity index (χ0v) is 15.8. The van der Waals surface area contributed by atoms with Gasteiger partial charge in [-0.2, -0.15) is 5.26 Å². The fourth-order valence-corrected chi connectivity index (χ4v) is 5.69. The van der Waals surface area contributed by atoms with Gasteiger partial charge in [0, 0.05) is 24.8 Å². The molecule has 0 spiro atoms. The van der Waals surface area contributed by atoms with Crippen molar-refractivity contribution in [3.8, 4) is 6.07 Å². The van der Waals surface area contributed by atoms with Gasteiger partial charge in [-0.25, -0.2) is 4.39 Å². The van der Waals surface area contributed by atoms with Crippen LogP contribution in [0.5, 0.6) is 0 Å². The third-order valence-electron chi connectivity index (χ3n) is 6.78. The van der Waals surface area contributed by atoms with Gasteiger partial charge in [-0.1, -0.05) is 6.07 Å². The van der Waals surface area contributed by atoms with Crippen LogP contribution < -0.4 is 5.32 Å². The molecule has 2 saturated heterocycles. The molecule has 27 heavy (non-hydrogen) atoms. The predicted molar refractivity (Wildman–Crippen MR) is 101 cm³/mol. The highest BCUT2D eigenvalue weighted by Gasteiger charge is 2.56. The number of hydrogen-bond acceptors (Lipinski definition) is 4. The van der Waals surface area contributed by atoms with Crippen LogP contribution in [-0.4, -0.2) is 35.7 Å². The van der Waals surface area contributed by atoms with E-state index in [4.69, 9.17) is 5.41 Å². The fourth-order valence-electron chi connectivity index (χ4n) is 5.69. The van der Waals surface area contributed by atoms with Crippen molar-refractivity contribution in [3.63, 3.8) is 0 Å². The van der Waals surface area contributed by atoms with Crippen molar-refractivity contribution < 1.29 is 9.18 Å². The largest absolute Gasteiger partial charge is 0.387 e. The Morgan fingerprint density at radius 1 is 1.37 bits per heavy atom. The summed E-state index contributed by atoms with van der Waals surface area (Å²) in [6, 6.07) is 7.33. The topological polar surface area (TPSA) is 80.0 Å². The van der Waals surface area contributed by atoms with Crippen molar-refractivity contribution in [1.29, 1.82) is 10.7 Å². The number of benzene rings is 1. The van der Waals surface area contributed by atoms with Crippen molar-refractivity contribution in [3.05, 3.63) is 29.6 Å². The first-order valence-electron chi connectivity index (χ1n) is 9.67. The van der Waals surface area contributed by atoms with Gasteiger partial charge in [0.25, 0.3) is 0 Å². The van der Waals surface area contributed by atoms with Crippen LogP contribution >= 0.6 is 0 Å². The number of nitrogens with one attached hydrogen (secondary N) is 2. The van der Waals surface area contributed by atoms with E-state index in [0.29, 0.717) is 11.6 Å². The molecule has 0 radical (unpaired) electrons. The number of halogens is 1. The van der Waals surface area contributed by atoms with Crippen LogP contribution in [0, 0.1) is 39.8 Å². The number of amides is 1. The van der Waals surface area contributed by atoms with Gasteiger partial charge in [0.05, 0.1) is 28.7 Å². The highest BCUT2D eigenvalue weighted by Crippen LogP contribution is 2.56. The highest BCUT2D eigenvalue weighted by atomic mass is 19.1. The zero-order chi connectivity index (χ0) is 19.3. The normalized spacial score (nSPS) is 32.1. The molecule has 5 rings (SSSR count). The van der Waals surface area contributed by atoms with E-state index in [-0.39, 0.29) is 34.7 Å². The Labute approximate surface area is 159 Å². The molecule has 1 aromatic rings. The smallest absolute Gasteiger partial charge is 0.231 e. The SMILES string of the molecule is CNc1cccc(F)c1C(=N)C(C)C(=O)N1C2CC3CC1CC(C#N)(C3)C2. The maximum Gasteiger partial charge on any atom is 0.231 e. The van der Waals surface area contributed by atoms with E-state index in [1.54, 1.807) is 26.1 Å². The Balaban J connectivity index is 1.59. The molecule has 6 heteroatoms. The number of nitriles is 1. The van der Waals surface area contributed by atoms with E-state index in [9.17, 15) is 14.4 Å². The summed E-state index contributed by atoms with van der Waals surface area (Å²) in [5.74, 6) is -0.782. The predicted octanol–water partition coefficient (Wildman–Crippen LogP) is 3.55. The number of rotatable bonds is 4. The van der Waals surface area contributed by atoms with Crippen molar-refractivity contribution in [2.75, 3.05) is 12.4 Å². The van der Waals surface area contributed by atoms with E-state index in [0.717, 1.165) is 32.1 Å². The molecule has 4 aliphatic rings. The van der Waals surface area contributed by atoms with Crippen LogP contribution in [-0.2, 0) is 4.79 Å². The summed E-state index contributed by atoms with van der Waals surface area (Å²) < 4.78 is 14.4. The Bertz CT molecular complexity index is 829. The third kappa shape index (κ3) is 2.72. The van der Waals surface area contributed by atoms with Crippen LogP contribution in [0.4, 0.5) is 10.1 Å². The van der Waals surface area contributed by atoms with Crippen molar-refractivity contribution in [2.24, 2.45) is 17.3 Å². The molecular weight excluding hydrogens is 343 g/mol. The van der Waals surface area contributed by atoms with E-state index >= 15 is 0 Å². The second-order valence-electron chi connectivity index (χ2n) is 8.44. The average Bonchev–Trinajstić information content (AvgIpc) is 2.65. The number of piperidine rings is 2. The number of carbonyl (C=O) groups is 1. The van der Waals surface area contributed by atoms with Gasteiger partial charge in [-0.15, -0.1) is 0 Å². The van der Waals surface area contributed by atoms with Gasteiger partial charge in [0.2, 0.25) is 5.91 Å². The van der Waals surface area contributed by atoms with Gasteiger partial charge in [0.15, 0.2) is 0 Å². The standard InChI is InChI=1S/C21H25FN4O/c1-12(19(24)18-16(22)4-3-5-17(18)25-2)20(27)26-14-6-13-7-15(26)10-21(8-13,9-14)11-23/h3-5,12-15,24-25H,6-10H2,1-2H3. The summed E-state index contributed by atoms with van der Waals surface area (Å²) in [4.78, 5) is 15.2. The minimum Gasteiger partial charge on any atom is -0.387 e. The molecule has 3 atom stereocenters. The Hall–Kier alpha value is -2.42. The summed E-state index contributed by atoms with van der Waals surface area (Å²) >= 11 is 0. The number of carbonyl (C=O) groups excluding carboxylic acids is 1. The summed E-state index contributed by atoms with van der Waals surface area (Å²) in [5, 5.41) is 21.1. The van der Waals surface area contributed by atoms with Crippen molar-refractivity contribution in [1.82, 2.24) is 4.90 Å². The second kappa shape index (κ2) is 6.33. The van der Waals surface area contributed by atoms with E-state index in [1.807, 2.05) is 4.90 Å². The summed E-state index contributed by atoms with van der Waals surface area (Å²) in [6.45, 7) is 1.70. The maximum atomic E-state index is 14.4. The van der Waals surface area contributed by atoms with Crippen molar-refractivity contribution >= 4 is 17.3 Å². The van der Waals surface area contributed by atoms with Gasteiger partial charge < -0.3 is 15.6 Å². The second-order valence-corrected chi connectivity index (χ2v) is 8.44. The lowest BCUT2D eigenvalue weighted by Gasteiger charge is -2.59. The van der Waals surface area contributed by atoms with Crippen LogP contribution in [0.25, 0.3) is 0 Å². The molecule has 4 fully saturated rings. The van der Waals surface area contributed by atoms with Gasteiger partial charge in [-0.3, -0.25) is 4.79 Å². The first-order valence-corrected chi connectivity index (χ1v) is 9.67. The minimum absolute atomic E-state index is 0.00579. The monoisotopic (exact) mass is 368 g/mol. The Kier molecular flexibility index (Phi) is 4.21. The minimum atomic E-state index is -0.718. The summed E-state index contributed by atoms with van der Waals surface area (Å²) in [5.41, 5.74) is 0.420. The lowest BCUT2D eigenvalue weighted by Crippen LogP contribution is -2.64. The molecule has 3 unspecified atom stereocenters. The maximum absolute atomic E-state index is 14.4. The van der Waals surface area contributed by atoms with E-state index in [1.165, 1.54) is 6.07 Å². The summed E-state index contributed by atoms with van der Waals surface area (Å²) in [7, 11) is 1.68. The molecule has 142 valence electrons. The summed E-state index contributed by atoms with van der Waals surface area (Å²) in [6.07, 6.45) is 4.35. The molecule has 1 aromatic carbocycles. The first-order chi connectivity index (χ1) is 12.9. The van der Waals surface area contributed by atoms with Crippen LogP contribution in [0.1, 0.15) is 44.6 Å². The van der Waals surface area contributed by atoms with Crippen LogP contribution in [0.15, 0.2) is 18.2 Å². The molecular formula is C21H25FN4O. The molecule has 2 N–H and O–H groups in total. The Morgan fingerprint density at radius 2 is 2.04 bits per heavy atom. The lowest BCUT2D eigenvalue weighted by molar-refractivity contribution is -0.155. The highest BCUT2D eigenvalue weighted by molar-refractivity contribution is 6.14. The van der Waals surface area contributed by atoms with E-state index in [2.05, 4.69) is 11.4 Å². The Morgan fingerprint density at radius 3 is 2.63 bits per heavy atom. The van der Waals surface area contributed by atoms with Gasteiger partial charge in [0.1, 0.15) is 5.82 Å². The molecule has 4 bridgehead atoms. The molecule has 2 heterocycles. The fraction of sp³-hybridized carbons (Fsp3) is 0.571. The van der Waals surface area contributed by atoms with Gasteiger partial charge in [-0.05, 0) is 57.1 Å². The molecule has 2 saturated carbocycles. The molecule has 1 amide bonds. The third-order valence-corrected chi connectivity index (χ3v) is 6.78. The average molecular weight is 368 g/mol. The lowest BCUT2D eigenvalue weighted by atomic mass is 9.56.